The fourth-order valence-electron chi connectivity index (χ4n) is 2.55. The zero-order valence-corrected chi connectivity index (χ0v) is 12.7. The maximum absolute atomic E-state index is 12.0. The van der Waals surface area contributed by atoms with Gasteiger partial charge in [0.1, 0.15) is 0 Å². The van der Waals surface area contributed by atoms with Gasteiger partial charge in [0.2, 0.25) is 11.8 Å². The maximum atomic E-state index is 12.0. The first-order valence-corrected chi connectivity index (χ1v) is 6.96. The summed E-state index contributed by atoms with van der Waals surface area (Å²) in [5.41, 5.74) is 5.44. The summed E-state index contributed by atoms with van der Waals surface area (Å²) < 4.78 is 4.98. The molecule has 6 nitrogen and oxygen atoms in total. The SMILES string of the molecule is Cc1nc(CC2CCCN(C(=O)CCCN)C2)no1.Cl. The van der Waals surface area contributed by atoms with E-state index < -0.39 is 0 Å². The lowest BCUT2D eigenvalue weighted by Crippen LogP contribution is -2.40. The van der Waals surface area contributed by atoms with Gasteiger partial charge >= 0.3 is 0 Å². The van der Waals surface area contributed by atoms with Crippen molar-refractivity contribution in [2.45, 2.75) is 39.0 Å². The molecule has 0 aliphatic carbocycles. The summed E-state index contributed by atoms with van der Waals surface area (Å²) in [6.45, 7) is 4.04. The second kappa shape index (κ2) is 8.21. The zero-order valence-electron chi connectivity index (χ0n) is 11.9. The minimum absolute atomic E-state index is 0. The molecule has 2 N–H and O–H groups in total. The number of hydrogen-bond donors (Lipinski definition) is 1. The van der Waals surface area contributed by atoms with Crippen LogP contribution in [0.2, 0.25) is 0 Å². The van der Waals surface area contributed by atoms with Crippen molar-refractivity contribution in [3.05, 3.63) is 11.7 Å². The van der Waals surface area contributed by atoms with E-state index in [9.17, 15) is 4.79 Å². The lowest BCUT2D eigenvalue weighted by atomic mass is 9.94. The van der Waals surface area contributed by atoms with Crippen LogP contribution in [0.3, 0.4) is 0 Å². The van der Waals surface area contributed by atoms with Crippen LogP contribution in [0.1, 0.15) is 37.4 Å². The molecule has 1 atom stereocenters. The van der Waals surface area contributed by atoms with Gasteiger partial charge < -0.3 is 15.2 Å². The molecule has 0 radical (unpaired) electrons. The summed E-state index contributed by atoms with van der Waals surface area (Å²) in [4.78, 5) is 18.2. The highest BCUT2D eigenvalue weighted by molar-refractivity contribution is 5.85. The van der Waals surface area contributed by atoms with E-state index in [0.29, 0.717) is 24.8 Å². The van der Waals surface area contributed by atoms with E-state index in [4.69, 9.17) is 10.3 Å². The summed E-state index contributed by atoms with van der Waals surface area (Å²) in [6.07, 6.45) is 4.29. The van der Waals surface area contributed by atoms with Crippen LogP contribution in [0, 0.1) is 12.8 Å². The molecule has 1 aliphatic heterocycles. The van der Waals surface area contributed by atoms with Gasteiger partial charge in [-0.25, -0.2) is 0 Å². The third kappa shape index (κ3) is 4.76. The van der Waals surface area contributed by atoms with Gasteiger partial charge in [0.05, 0.1) is 0 Å². The van der Waals surface area contributed by atoms with Gasteiger partial charge in [0.15, 0.2) is 5.82 Å². The molecule has 1 saturated heterocycles. The first-order valence-electron chi connectivity index (χ1n) is 6.96. The molecule has 0 aromatic carbocycles. The molecule has 1 aromatic rings. The molecular formula is C13H23ClN4O2. The van der Waals surface area contributed by atoms with Gasteiger partial charge in [0, 0.05) is 32.9 Å². The Morgan fingerprint density at radius 3 is 3.00 bits per heavy atom. The van der Waals surface area contributed by atoms with Gasteiger partial charge in [-0.15, -0.1) is 12.4 Å². The van der Waals surface area contributed by atoms with Gasteiger partial charge in [-0.05, 0) is 31.7 Å². The fraction of sp³-hybridized carbons (Fsp3) is 0.769. The number of aromatic nitrogens is 2. The van der Waals surface area contributed by atoms with Crippen molar-refractivity contribution in [2.24, 2.45) is 11.7 Å². The summed E-state index contributed by atoms with van der Waals surface area (Å²) in [7, 11) is 0. The van der Waals surface area contributed by atoms with Crippen LogP contribution in [-0.2, 0) is 11.2 Å². The largest absolute Gasteiger partial charge is 0.342 e. The standard InChI is InChI=1S/C13H22N4O2.ClH/c1-10-15-12(16-19-10)8-11-4-3-7-17(9-11)13(18)5-2-6-14;/h11H,2-9,14H2,1H3;1H. The van der Waals surface area contributed by atoms with Gasteiger partial charge in [-0.2, -0.15) is 4.98 Å². The van der Waals surface area contributed by atoms with E-state index in [1.54, 1.807) is 6.92 Å². The highest BCUT2D eigenvalue weighted by Gasteiger charge is 2.24. The number of aryl methyl sites for hydroxylation is 1. The molecule has 114 valence electrons. The number of rotatable bonds is 5. The van der Waals surface area contributed by atoms with E-state index >= 15 is 0 Å². The predicted molar refractivity (Wildman–Crippen MR) is 77.6 cm³/mol. The average molecular weight is 303 g/mol. The molecule has 2 rings (SSSR count). The third-order valence-electron chi connectivity index (χ3n) is 3.51. The molecule has 0 saturated carbocycles. The first-order chi connectivity index (χ1) is 9.19. The third-order valence-corrected chi connectivity index (χ3v) is 3.51. The molecule has 7 heteroatoms. The summed E-state index contributed by atoms with van der Waals surface area (Å²) in [5.74, 6) is 2.01. The number of halogens is 1. The Morgan fingerprint density at radius 1 is 1.55 bits per heavy atom. The molecule has 1 aromatic heterocycles. The molecule has 1 aliphatic rings. The summed E-state index contributed by atoms with van der Waals surface area (Å²) >= 11 is 0. The lowest BCUT2D eigenvalue weighted by Gasteiger charge is -2.32. The smallest absolute Gasteiger partial charge is 0.223 e. The Hall–Kier alpha value is -1.14. The monoisotopic (exact) mass is 302 g/mol. The van der Waals surface area contributed by atoms with Gasteiger partial charge in [0.25, 0.3) is 0 Å². The normalized spacial score (nSPS) is 18.7. The number of likely N-dealkylation sites (tertiary alicyclic amines) is 1. The van der Waals surface area contributed by atoms with Crippen molar-refractivity contribution < 1.29 is 9.32 Å². The van der Waals surface area contributed by atoms with Crippen molar-refractivity contribution in [1.82, 2.24) is 15.0 Å². The lowest BCUT2D eigenvalue weighted by molar-refractivity contribution is -0.133. The zero-order chi connectivity index (χ0) is 13.7. The second-order valence-electron chi connectivity index (χ2n) is 5.17. The van der Waals surface area contributed by atoms with E-state index in [2.05, 4.69) is 10.1 Å². The van der Waals surface area contributed by atoms with Crippen LogP contribution < -0.4 is 5.73 Å². The summed E-state index contributed by atoms with van der Waals surface area (Å²) in [6, 6.07) is 0. The summed E-state index contributed by atoms with van der Waals surface area (Å²) in [5, 5.41) is 3.92. The molecule has 0 spiro atoms. The molecule has 1 amide bonds. The van der Waals surface area contributed by atoms with Crippen LogP contribution in [0.15, 0.2) is 4.52 Å². The predicted octanol–water partition coefficient (Wildman–Crippen LogP) is 1.32. The Bertz CT molecular complexity index is 424. The van der Waals surface area contributed by atoms with Crippen molar-refractivity contribution in [3.63, 3.8) is 0 Å². The number of nitrogens with two attached hydrogens (primary N) is 1. The molecular weight excluding hydrogens is 280 g/mol. The van der Waals surface area contributed by atoms with E-state index in [0.717, 1.165) is 44.6 Å². The molecule has 1 unspecified atom stereocenters. The fourth-order valence-corrected chi connectivity index (χ4v) is 2.55. The number of nitrogens with zero attached hydrogens (tertiary/aromatic N) is 3. The van der Waals surface area contributed by atoms with E-state index in [1.165, 1.54) is 0 Å². The Kier molecular flexibility index (Phi) is 6.95. The van der Waals surface area contributed by atoms with Crippen molar-refractivity contribution in [1.29, 1.82) is 0 Å². The average Bonchev–Trinajstić information content (AvgIpc) is 2.81. The van der Waals surface area contributed by atoms with Crippen molar-refractivity contribution in [3.8, 4) is 0 Å². The number of hydrogen-bond acceptors (Lipinski definition) is 5. The second-order valence-corrected chi connectivity index (χ2v) is 5.17. The Morgan fingerprint density at radius 2 is 2.35 bits per heavy atom. The van der Waals surface area contributed by atoms with Crippen LogP contribution in [-0.4, -0.2) is 40.6 Å². The van der Waals surface area contributed by atoms with Crippen LogP contribution >= 0.6 is 12.4 Å². The number of amides is 1. The molecule has 0 bridgehead atoms. The molecule has 1 fully saturated rings. The van der Waals surface area contributed by atoms with Crippen molar-refractivity contribution in [2.75, 3.05) is 19.6 Å². The highest BCUT2D eigenvalue weighted by Crippen LogP contribution is 2.20. The number of carbonyl (C=O) groups excluding carboxylic acids is 1. The van der Waals surface area contributed by atoms with Crippen LogP contribution in [0.25, 0.3) is 0 Å². The molecule has 20 heavy (non-hydrogen) atoms. The van der Waals surface area contributed by atoms with Gasteiger partial charge in [-0.3, -0.25) is 4.79 Å². The minimum Gasteiger partial charge on any atom is -0.342 e. The van der Waals surface area contributed by atoms with Crippen LogP contribution in [0.4, 0.5) is 0 Å². The Labute approximate surface area is 125 Å². The van der Waals surface area contributed by atoms with Crippen LogP contribution in [0.5, 0.6) is 0 Å². The van der Waals surface area contributed by atoms with E-state index in [1.807, 2.05) is 4.90 Å². The van der Waals surface area contributed by atoms with Crippen molar-refractivity contribution >= 4 is 18.3 Å². The number of carbonyl (C=O) groups is 1. The van der Waals surface area contributed by atoms with E-state index in [-0.39, 0.29) is 18.3 Å². The topological polar surface area (TPSA) is 85.2 Å². The van der Waals surface area contributed by atoms with Gasteiger partial charge in [-0.1, -0.05) is 5.16 Å². The minimum atomic E-state index is 0. The number of piperidine rings is 1. The maximum Gasteiger partial charge on any atom is 0.223 e. The quantitative estimate of drug-likeness (QED) is 0.886. The first kappa shape index (κ1) is 16.9. The molecule has 2 heterocycles. The Balaban J connectivity index is 0.00000200. The highest BCUT2D eigenvalue weighted by atomic mass is 35.5.